The summed E-state index contributed by atoms with van der Waals surface area (Å²) < 4.78 is 10.3. The number of aromatic nitrogens is 1. The zero-order chi connectivity index (χ0) is 16.8. The average molecular weight is 317 g/mol. The van der Waals surface area contributed by atoms with Crippen molar-refractivity contribution in [2.75, 3.05) is 19.0 Å². The SMILES string of the molecule is CCOc1cccnc1NC(=O)c1ccc(OC)c([N+](=O)[O-])c1. The number of nitro groups is 1. The van der Waals surface area contributed by atoms with Gasteiger partial charge in [-0.15, -0.1) is 0 Å². The summed E-state index contributed by atoms with van der Waals surface area (Å²) in [6, 6.07) is 7.30. The number of anilines is 1. The highest BCUT2D eigenvalue weighted by Gasteiger charge is 2.19. The molecule has 0 aliphatic rings. The summed E-state index contributed by atoms with van der Waals surface area (Å²) in [6.07, 6.45) is 1.51. The summed E-state index contributed by atoms with van der Waals surface area (Å²) in [5.41, 5.74) is -0.170. The number of nitro benzene ring substituents is 1. The molecule has 0 aliphatic carbocycles. The molecule has 120 valence electrons. The molecule has 0 fully saturated rings. The number of pyridine rings is 1. The van der Waals surface area contributed by atoms with Crippen molar-refractivity contribution in [1.29, 1.82) is 0 Å². The monoisotopic (exact) mass is 317 g/mol. The normalized spacial score (nSPS) is 10.0. The fourth-order valence-corrected chi connectivity index (χ4v) is 1.91. The van der Waals surface area contributed by atoms with Crippen LogP contribution >= 0.6 is 0 Å². The molecule has 0 spiro atoms. The maximum Gasteiger partial charge on any atom is 0.311 e. The predicted molar refractivity (Wildman–Crippen MR) is 83.0 cm³/mol. The van der Waals surface area contributed by atoms with E-state index in [9.17, 15) is 14.9 Å². The van der Waals surface area contributed by atoms with Crippen LogP contribution in [0.1, 0.15) is 17.3 Å². The second-order valence-electron chi connectivity index (χ2n) is 4.38. The first-order valence-electron chi connectivity index (χ1n) is 6.78. The van der Waals surface area contributed by atoms with Crippen molar-refractivity contribution >= 4 is 17.4 Å². The van der Waals surface area contributed by atoms with Crippen molar-refractivity contribution in [3.8, 4) is 11.5 Å². The van der Waals surface area contributed by atoms with Crippen LogP contribution in [-0.4, -0.2) is 29.5 Å². The topological polar surface area (TPSA) is 104 Å². The van der Waals surface area contributed by atoms with E-state index < -0.39 is 10.8 Å². The number of nitrogens with zero attached hydrogens (tertiary/aromatic N) is 2. The van der Waals surface area contributed by atoms with Gasteiger partial charge in [-0.05, 0) is 31.2 Å². The van der Waals surface area contributed by atoms with E-state index in [-0.39, 0.29) is 22.8 Å². The minimum absolute atomic E-state index is 0.0828. The highest BCUT2D eigenvalue weighted by molar-refractivity contribution is 6.05. The number of amides is 1. The number of nitrogens with one attached hydrogen (secondary N) is 1. The lowest BCUT2D eigenvalue weighted by atomic mass is 10.1. The summed E-state index contributed by atoms with van der Waals surface area (Å²) in [6.45, 7) is 2.23. The largest absolute Gasteiger partial charge is 0.490 e. The minimum atomic E-state index is -0.609. The third kappa shape index (κ3) is 3.73. The van der Waals surface area contributed by atoms with E-state index in [1.165, 1.54) is 25.4 Å². The Hall–Kier alpha value is -3.16. The number of hydrogen-bond acceptors (Lipinski definition) is 6. The maximum atomic E-state index is 12.3. The summed E-state index contributed by atoms with van der Waals surface area (Å²) in [7, 11) is 1.32. The van der Waals surface area contributed by atoms with E-state index in [4.69, 9.17) is 9.47 Å². The molecule has 1 heterocycles. The van der Waals surface area contributed by atoms with Gasteiger partial charge in [-0.1, -0.05) is 0 Å². The van der Waals surface area contributed by atoms with Crippen molar-refractivity contribution < 1.29 is 19.2 Å². The molecule has 8 heteroatoms. The number of carbonyl (C=O) groups is 1. The van der Waals surface area contributed by atoms with Crippen molar-refractivity contribution in [2.24, 2.45) is 0 Å². The molecule has 0 unspecified atom stereocenters. The zero-order valence-corrected chi connectivity index (χ0v) is 12.6. The number of methoxy groups -OCH3 is 1. The number of hydrogen-bond donors (Lipinski definition) is 1. The van der Waals surface area contributed by atoms with Gasteiger partial charge in [0.05, 0.1) is 18.6 Å². The Bertz CT molecular complexity index is 733. The lowest BCUT2D eigenvalue weighted by Gasteiger charge is -2.10. The molecule has 1 aromatic carbocycles. The lowest BCUT2D eigenvalue weighted by Crippen LogP contribution is -2.14. The van der Waals surface area contributed by atoms with Crippen LogP contribution in [0.25, 0.3) is 0 Å². The van der Waals surface area contributed by atoms with E-state index in [0.717, 1.165) is 6.07 Å². The summed E-state index contributed by atoms with van der Waals surface area (Å²) >= 11 is 0. The molecule has 2 rings (SSSR count). The zero-order valence-electron chi connectivity index (χ0n) is 12.6. The summed E-state index contributed by atoms with van der Waals surface area (Å²) in [5.74, 6) is 0.221. The van der Waals surface area contributed by atoms with E-state index in [2.05, 4.69) is 10.3 Å². The molecule has 0 bridgehead atoms. The maximum absolute atomic E-state index is 12.3. The fraction of sp³-hybridized carbons (Fsp3) is 0.200. The van der Waals surface area contributed by atoms with Gasteiger partial charge in [-0.25, -0.2) is 4.98 Å². The molecule has 23 heavy (non-hydrogen) atoms. The van der Waals surface area contributed by atoms with Crippen molar-refractivity contribution in [3.63, 3.8) is 0 Å². The van der Waals surface area contributed by atoms with Crippen LogP contribution in [0.2, 0.25) is 0 Å². The summed E-state index contributed by atoms with van der Waals surface area (Å²) in [5, 5.41) is 13.6. The second-order valence-corrected chi connectivity index (χ2v) is 4.38. The van der Waals surface area contributed by atoms with Gasteiger partial charge in [0.1, 0.15) is 0 Å². The molecular weight excluding hydrogens is 302 g/mol. The Labute approximate surface area is 132 Å². The van der Waals surface area contributed by atoms with Gasteiger partial charge in [0.2, 0.25) is 0 Å². The third-order valence-corrected chi connectivity index (χ3v) is 2.94. The van der Waals surface area contributed by atoms with Gasteiger partial charge in [0, 0.05) is 17.8 Å². The van der Waals surface area contributed by atoms with Gasteiger partial charge >= 0.3 is 5.69 Å². The van der Waals surface area contributed by atoms with E-state index in [0.29, 0.717) is 12.4 Å². The van der Waals surface area contributed by atoms with Gasteiger partial charge in [0.15, 0.2) is 17.3 Å². The van der Waals surface area contributed by atoms with Crippen LogP contribution < -0.4 is 14.8 Å². The number of ether oxygens (including phenoxy) is 2. The quantitative estimate of drug-likeness (QED) is 0.649. The molecule has 1 amide bonds. The van der Waals surface area contributed by atoms with E-state index in [1.807, 2.05) is 6.92 Å². The third-order valence-electron chi connectivity index (χ3n) is 2.94. The molecule has 0 saturated heterocycles. The van der Waals surface area contributed by atoms with Gasteiger partial charge in [-0.3, -0.25) is 14.9 Å². The van der Waals surface area contributed by atoms with Crippen LogP contribution in [0.3, 0.4) is 0 Å². The van der Waals surface area contributed by atoms with Crippen LogP contribution in [0.5, 0.6) is 11.5 Å². The van der Waals surface area contributed by atoms with Crippen molar-refractivity contribution in [3.05, 3.63) is 52.2 Å². The highest BCUT2D eigenvalue weighted by Crippen LogP contribution is 2.28. The molecule has 0 saturated carbocycles. The van der Waals surface area contributed by atoms with E-state index >= 15 is 0 Å². The number of carbonyl (C=O) groups excluding carboxylic acids is 1. The standard InChI is InChI=1S/C15H15N3O5/c1-3-23-13-5-4-8-16-14(13)17-15(19)10-6-7-12(22-2)11(9-10)18(20)21/h4-9H,3H2,1-2H3,(H,16,17,19). The van der Waals surface area contributed by atoms with Gasteiger partial charge in [-0.2, -0.15) is 0 Å². The molecular formula is C15H15N3O5. The molecule has 0 aliphatic heterocycles. The van der Waals surface area contributed by atoms with Gasteiger partial charge < -0.3 is 14.8 Å². The Morgan fingerprint density at radius 3 is 2.78 bits per heavy atom. The summed E-state index contributed by atoms with van der Waals surface area (Å²) in [4.78, 5) is 26.7. The minimum Gasteiger partial charge on any atom is -0.490 e. The molecule has 8 nitrogen and oxygen atoms in total. The average Bonchev–Trinajstić information content (AvgIpc) is 2.56. The Morgan fingerprint density at radius 1 is 1.35 bits per heavy atom. The highest BCUT2D eigenvalue weighted by atomic mass is 16.6. The van der Waals surface area contributed by atoms with Crippen molar-refractivity contribution in [2.45, 2.75) is 6.92 Å². The Kier molecular flexibility index (Phi) is 5.08. The van der Waals surface area contributed by atoms with Crippen LogP contribution in [-0.2, 0) is 0 Å². The second kappa shape index (κ2) is 7.21. The Morgan fingerprint density at radius 2 is 2.13 bits per heavy atom. The molecule has 1 N–H and O–H groups in total. The Balaban J connectivity index is 2.28. The first-order chi connectivity index (χ1) is 11.1. The van der Waals surface area contributed by atoms with Crippen LogP contribution in [0.15, 0.2) is 36.5 Å². The molecule has 2 aromatic rings. The van der Waals surface area contributed by atoms with Crippen molar-refractivity contribution in [1.82, 2.24) is 4.98 Å². The van der Waals surface area contributed by atoms with E-state index in [1.54, 1.807) is 12.1 Å². The smallest absolute Gasteiger partial charge is 0.311 e. The fourth-order valence-electron chi connectivity index (χ4n) is 1.91. The lowest BCUT2D eigenvalue weighted by molar-refractivity contribution is -0.385. The molecule has 0 radical (unpaired) electrons. The molecule has 0 atom stereocenters. The van der Waals surface area contributed by atoms with Crippen LogP contribution in [0.4, 0.5) is 11.5 Å². The van der Waals surface area contributed by atoms with Gasteiger partial charge in [0.25, 0.3) is 5.91 Å². The number of rotatable bonds is 6. The number of benzene rings is 1. The predicted octanol–water partition coefficient (Wildman–Crippen LogP) is 2.65. The van der Waals surface area contributed by atoms with Crippen LogP contribution in [0, 0.1) is 10.1 Å². The first kappa shape index (κ1) is 16.2. The molecule has 1 aromatic heterocycles. The first-order valence-corrected chi connectivity index (χ1v) is 6.78.